The number of ether oxygens (including phenoxy) is 2. The van der Waals surface area contributed by atoms with E-state index in [4.69, 9.17) is 9.47 Å². The van der Waals surface area contributed by atoms with Crippen molar-refractivity contribution in [3.63, 3.8) is 0 Å². The van der Waals surface area contributed by atoms with Crippen LogP contribution in [0.2, 0.25) is 0 Å². The van der Waals surface area contributed by atoms with Crippen LogP contribution in [0.25, 0.3) is 0 Å². The topological polar surface area (TPSA) is 42.0 Å². The molecule has 0 spiro atoms. The summed E-state index contributed by atoms with van der Waals surface area (Å²) < 4.78 is 11.5. The van der Waals surface area contributed by atoms with Crippen LogP contribution in [-0.2, 0) is 22.6 Å². The Morgan fingerprint density at radius 2 is 1.66 bits per heavy atom. The maximum absolute atomic E-state index is 13.0. The molecule has 5 heteroatoms. The molecule has 1 saturated carbocycles. The van der Waals surface area contributed by atoms with E-state index in [9.17, 15) is 4.79 Å². The van der Waals surface area contributed by atoms with Crippen molar-refractivity contribution >= 4 is 5.91 Å². The Bertz CT molecular complexity index is 790. The van der Waals surface area contributed by atoms with E-state index in [1.54, 1.807) is 7.11 Å². The predicted octanol–water partition coefficient (Wildman–Crippen LogP) is 3.33. The van der Waals surface area contributed by atoms with E-state index in [2.05, 4.69) is 29.2 Å². The van der Waals surface area contributed by atoms with Crippen LogP contribution in [0.15, 0.2) is 54.6 Å². The minimum Gasteiger partial charge on any atom is -0.497 e. The second-order valence-corrected chi connectivity index (χ2v) is 8.18. The molecular formula is C24H30N2O3. The molecule has 0 radical (unpaired) electrons. The third-order valence-corrected chi connectivity index (χ3v) is 5.64. The molecule has 2 aromatic rings. The molecule has 1 amide bonds. The maximum Gasteiger partial charge on any atom is 0.237 e. The summed E-state index contributed by atoms with van der Waals surface area (Å²) in [4.78, 5) is 17.2. The lowest BCUT2D eigenvalue weighted by Crippen LogP contribution is -2.37. The summed E-state index contributed by atoms with van der Waals surface area (Å²) in [6, 6.07) is 18.3. The molecule has 154 valence electrons. The molecule has 1 atom stereocenters. The van der Waals surface area contributed by atoms with Gasteiger partial charge in [-0.2, -0.15) is 0 Å². The fourth-order valence-corrected chi connectivity index (χ4v) is 3.78. The highest BCUT2D eigenvalue weighted by atomic mass is 16.5. The van der Waals surface area contributed by atoms with Crippen molar-refractivity contribution < 1.29 is 14.3 Å². The first-order valence-corrected chi connectivity index (χ1v) is 10.5. The summed E-state index contributed by atoms with van der Waals surface area (Å²) >= 11 is 0. The molecule has 0 unspecified atom stereocenters. The Morgan fingerprint density at radius 1 is 0.931 bits per heavy atom. The van der Waals surface area contributed by atoms with Gasteiger partial charge in [0, 0.05) is 32.8 Å². The summed E-state index contributed by atoms with van der Waals surface area (Å²) in [5.41, 5.74) is 2.33. The molecule has 4 rings (SSSR count). The molecule has 5 nitrogen and oxygen atoms in total. The Balaban J connectivity index is 1.45. The first kappa shape index (κ1) is 19.9. The fraction of sp³-hybridized carbons (Fsp3) is 0.458. The highest BCUT2D eigenvalue weighted by Crippen LogP contribution is 2.29. The first-order chi connectivity index (χ1) is 14.2. The van der Waals surface area contributed by atoms with Crippen LogP contribution in [0.5, 0.6) is 5.75 Å². The maximum atomic E-state index is 13.0. The largest absolute Gasteiger partial charge is 0.497 e. The van der Waals surface area contributed by atoms with Crippen molar-refractivity contribution in [1.29, 1.82) is 0 Å². The Morgan fingerprint density at radius 3 is 2.34 bits per heavy atom. The summed E-state index contributed by atoms with van der Waals surface area (Å²) in [5, 5.41) is 0. The van der Waals surface area contributed by atoms with Crippen molar-refractivity contribution in [3.05, 3.63) is 65.7 Å². The molecule has 2 aromatic carbocycles. The van der Waals surface area contributed by atoms with Gasteiger partial charge in [-0.05, 0) is 42.0 Å². The summed E-state index contributed by atoms with van der Waals surface area (Å²) in [7, 11) is 1.67. The predicted molar refractivity (Wildman–Crippen MR) is 113 cm³/mol. The first-order valence-electron chi connectivity index (χ1n) is 10.5. The molecule has 2 aliphatic rings. The van der Waals surface area contributed by atoms with Crippen molar-refractivity contribution in [2.24, 2.45) is 5.92 Å². The van der Waals surface area contributed by atoms with Crippen LogP contribution in [0, 0.1) is 5.92 Å². The number of nitrogens with zero attached hydrogens (tertiary/aromatic N) is 2. The number of hydrogen-bond donors (Lipinski definition) is 0. The third-order valence-electron chi connectivity index (χ3n) is 5.64. The number of carbonyl (C=O) groups is 1. The lowest BCUT2D eigenvalue weighted by atomic mass is 10.2. The van der Waals surface area contributed by atoms with Crippen LogP contribution in [0.1, 0.15) is 24.0 Å². The number of hydrogen-bond acceptors (Lipinski definition) is 4. The Kier molecular flexibility index (Phi) is 6.47. The van der Waals surface area contributed by atoms with E-state index < -0.39 is 0 Å². The molecule has 1 saturated heterocycles. The fourth-order valence-electron chi connectivity index (χ4n) is 3.78. The van der Waals surface area contributed by atoms with Gasteiger partial charge in [-0.1, -0.05) is 42.5 Å². The van der Waals surface area contributed by atoms with E-state index in [1.165, 1.54) is 18.4 Å². The standard InChI is InChI=1S/C24H30N2O3/c1-28-22-11-9-20(10-12-22)13-25-15-23(29-18-21-7-8-21)16-26(24(27)17-25)14-19-5-3-2-4-6-19/h2-6,9-12,21,23H,7-8,13-18H2,1H3/t23-/m0/s1. The van der Waals surface area contributed by atoms with Gasteiger partial charge in [0.1, 0.15) is 5.75 Å². The molecule has 1 aliphatic carbocycles. The van der Waals surface area contributed by atoms with Gasteiger partial charge in [0.25, 0.3) is 0 Å². The van der Waals surface area contributed by atoms with Gasteiger partial charge < -0.3 is 14.4 Å². The molecular weight excluding hydrogens is 364 g/mol. The van der Waals surface area contributed by atoms with Gasteiger partial charge >= 0.3 is 0 Å². The van der Waals surface area contributed by atoms with Crippen LogP contribution in [0.3, 0.4) is 0 Å². The number of rotatable bonds is 8. The number of carbonyl (C=O) groups excluding carboxylic acids is 1. The van der Waals surface area contributed by atoms with Crippen molar-refractivity contribution in [2.45, 2.75) is 32.0 Å². The average molecular weight is 395 g/mol. The van der Waals surface area contributed by atoms with Gasteiger partial charge in [-0.15, -0.1) is 0 Å². The normalized spacial score (nSPS) is 20.5. The van der Waals surface area contributed by atoms with Crippen LogP contribution < -0.4 is 4.74 Å². The van der Waals surface area contributed by atoms with E-state index in [-0.39, 0.29) is 12.0 Å². The minimum absolute atomic E-state index is 0.0454. The molecule has 0 bridgehead atoms. The highest BCUT2D eigenvalue weighted by molar-refractivity contribution is 5.78. The van der Waals surface area contributed by atoms with Gasteiger partial charge in [-0.3, -0.25) is 9.69 Å². The van der Waals surface area contributed by atoms with Gasteiger partial charge in [0.2, 0.25) is 5.91 Å². The van der Waals surface area contributed by atoms with Crippen LogP contribution in [0.4, 0.5) is 0 Å². The summed E-state index contributed by atoms with van der Waals surface area (Å²) in [6.07, 6.45) is 2.59. The number of methoxy groups -OCH3 is 1. The SMILES string of the molecule is COc1ccc(CN2CC(=O)N(Cc3ccccc3)C[C@@H](OCC3CC3)C2)cc1. The zero-order chi connectivity index (χ0) is 20.1. The number of benzene rings is 2. The zero-order valence-corrected chi connectivity index (χ0v) is 17.1. The van der Waals surface area contributed by atoms with E-state index in [0.717, 1.165) is 31.0 Å². The monoisotopic (exact) mass is 394 g/mol. The quantitative estimate of drug-likeness (QED) is 0.689. The van der Waals surface area contributed by atoms with Crippen molar-refractivity contribution in [2.75, 3.05) is 33.4 Å². The Hall–Kier alpha value is -2.37. The summed E-state index contributed by atoms with van der Waals surface area (Å²) in [6.45, 7) is 4.03. The minimum atomic E-state index is 0.0454. The van der Waals surface area contributed by atoms with E-state index in [0.29, 0.717) is 25.6 Å². The van der Waals surface area contributed by atoms with Gasteiger partial charge in [0.15, 0.2) is 0 Å². The molecule has 29 heavy (non-hydrogen) atoms. The van der Waals surface area contributed by atoms with E-state index in [1.807, 2.05) is 35.2 Å². The van der Waals surface area contributed by atoms with E-state index >= 15 is 0 Å². The van der Waals surface area contributed by atoms with Gasteiger partial charge in [-0.25, -0.2) is 0 Å². The molecule has 1 aliphatic heterocycles. The third kappa shape index (κ3) is 5.81. The Labute approximate surface area is 173 Å². The number of amides is 1. The highest BCUT2D eigenvalue weighted by Gasteiger charge is 2.30. The molecule has 0 N–H and O–H groups in total. The summed E-state index contributed by atoms with van der Waals surface area (Å²) in [5.74, 6) is 1.73. The second kappa shape index (κ2) is 9.42. The average Bonchev–Trinajstić information content (AvgIpc) is 3.57. The second-order valence-electron chi connectivity index (χ2n) is 8.18. The zero-order valence-electron chi connectivity index (χ0n) is 17.1. The lowest BCUT2D eigenvalue weighted by Gasteiger charge is -2.25. The van der Waals surface area contributed by atoms with Crippen molar-refractivity contribution in [1.82, 2.24) is 9.80 Å². The lowest BCUT2D eigenvalue weighted by molar-refractivity contribution is -0.132. The van der Waals surface area contributed by atoms with Crippen LogP contribution >= 0.6 is 0 Å². The molecule has 1 heterocycles. The smallest absolute Gasteiger partial charge is 0.237 e. The molecule has 2 fully saturated rings. The molecule has 0 aromatic heterocycles. The van der Waals surface area contributed by atoms with Crippen LogP contribution in [-0.4, -0.2) is 55.2 Å². The van der Waals surface area contributed by atoms with Crippen molar-refractivity contribution in [3.8, 4) is 5.75 Å². The van der Waals surface area contributed by atoms with Gasteiger partial charge in [0.05, 0.1) is 19.8 Å².